The molecule has 136 valence electrons. The molecule has 3 heterocycles. The van der Waals surface area contributed by atoms with E-state index in [1.54, 1.807) is 0 Å². The Kier molecular flexibility index (Phi) is 3.86. The predicted molar refractivity (Wildman–Crippen MR) is 103 cm³/mol. The molecule has 1 aliphatic rings. The lowest BCUT2D eigenvalue weighted by Crippen LogP contribution is -2.48. The molecule has 0 atom stereocenters. The molecule has 1 aliphatic heterocycles. The van der Waals surface area contributed by atoms with Gasteiger partial charge in [-0.05, 0) is 18.2 Å². The average Bonchev–Trinajstić information content (AvgIpc) is 3.31. The number of benzene rings is 2. The van der Waals surface area contributed by atoms with Crippen LogP contribution < -0.4 is 0 Å². The first-order valence-electron chi connectivity index (χ1n) is 9.16. The summed E-state index contributed by atoms with van der Waals surface area (Å²) in [4.78, 5) is 25.1. The molecule has 0 spiro atoms. The third-order valence-corrected chi connectivity index (χ3v) is 5.14. The summed E-state index contributed by atoms with van der Waals surface area (Å²) in [5.74, 6) is 0.963. The SMILES string of the molecule is O=C(c1n[nH]c2ccccc12)N1CCN(Cc2nc3ccccc3[nH]2)CC1. The fourth-order valence-electron chi connectivity index (χ4n) is 3.68. The molecule has 0 bridgehead atoms. The molecule has 5 rings (SSSR count). The first kappa shape index (κ1) is 16.0. The van der Waals surface area contributed by atoms with E-state index >= 15 is 0 Å². The van der Waals surface area contributed by atoms with Crippen molar-refractivity contribution in [1.29, 1.82) is 0 Å². The largest absolute Gasteiger partial charge is 0.341 e. The summed E-state index contributed by atoms with van der Waals surface area (Å²) in [5, 5.41) is 8.06. The molecule has 4 aromatic rings. The zero-order chi connectivity index (χ0) is 18.2. The molecule has 0 aliphatic carbocycles. The Morgan fingerprint density at radius 1 is 0.963 bits per heavy atom. The van der Waals surface area contributed by atoms with Gasteiger partial charge in [0.15, 0.2) is 5.69 Å². The standard InChI is InChI=1S/C20H20N6O/c27-20(19-14-5-1-2-6-15(14)23-24-19)26-11-9-25(10-12-26)13-18-21-16-7-3-4-8-17(16)22-18/h1-8H,9-13H2,(H,21,22)(H,23,24). The Balaban J connectivity index is 1.25. The zero-order valence-electron chi connectivity index (χ0n) is 14.9. The van der Waals surface area contributed by atoms with Gasteiger partial charge in [-0.25, -0.2) is 4.98 Å². The van der Waals surface area contributed by atoms with Crippen molar-refractivity contribution >= 4 is 27.8 Å². The molecule has 7 nitrogen and oxygen atoms in total. The quantitative estimate of drug-likeness (QED) is 0.588. The second-order valence-electron chi connectivity index (χ2n) is 6.89. The van der Waals surface area contributed by atoms with Crippen molar-refractivity contribution < 1.29 is 4.79 Å². The van der Waals surface area contributed by atoms with Crippen LogP contribution in [-0.4, -0.2) is 62.1 Å². The Morgan fingerprint density at radius 3 is 2.52 bits per heavy atom. The molecule has 27 heavy (non-hydrogen) atoms. The van der Waals surface area contributed by atoms with Crippen molar-refractivity contribution in [3.63, 3.8) is 0 Å². The van der Waals surface area contributed by atoms with E-state index in [9.17, 15) is 4.79 Å². The topological polar surface area (TPSA) is 80.9 Å². The van der Waals surface area contributed by atoms with Crippen LogP contribution >= 0.6 is 0 Å². The van der Waals surface area contributed by atoms with E-state index in [1.165, 1.54) is 0 Å². The predicted octanol–water partition coefficient (Wildman–Crippen LogP) is 2.40. The number of fused-ring (bicyclic) bond motifs is 2. The minimum absolute atomic E-state index is 0.00385. The van der Waals surface area contributed by atoms with Crippen LogP contribution in [0.1, 0.15) is 16.3 Å². The maximum absolute atomic E-state index is 12.9. The Morgan fingerprint density at radius 2 is 1.70 bits per heavy atom. The number of nitrogens with one attached hydrogen (secondary N) is 2. The van der Waals surface area contributed by atoms with Crippen molar-refractivity contribution in [2.75, 3.05) is 26.2 Å². The molecule has 0 unspecified atom stereocenters. The second kappa shape index (κ2) is 6.51. The summed E-state index contributed by atoms with van der Waals surface area (Å²) in [5.41, 5.74) is 3.46. The highest BCUT2D eigenvalue weighted by Gasteiger charge is 2.25. The molecule has 0 saturated carbocycles. The van der Waals surface area contributed by atoms with Crippen LogP contribution in [0.2, 0.25) is 0 Å². The first-order valence-corrected chi connectivity index (χ1v) is 9.16. The van der Waals surface area contributed by atoms with E-state index in [4.69, 9.17) is 0 Å². The van der Waals surface area contributed by atoms with E-state index in [0.717, 1.165) is 47.4 Å². The van der Waals surface area contributed by atoms with Gasteiger partial charge in [0.1, 0.15) is 5.82 Å². The lowest BCUT2D eigenvalue weighted by molar-refractivity contribution is 0.0622. The van der Waals surface area contributed by atoms with Gasteiger partial charge in [0.2, 0.25) is 0 Å². The highest BCUT2D eigenvalue weighted by atomic mass is 16.2. The Bertz CT molecular complexity index is 1070. The third kappa shape index (κ3) is 2.96. The maximum atomic E-state index is 12.9. The normalized spacial score (nSPS) is 15.6. The number of hydrogen-bond donors (Lipinski definition) is 2. The number of piperazine rings is 1. The van der Waals surface area contributed by atoms with Crippen LogP contribution in [0.3, 0.4) is 0 Å². The van der Waals surface area contributed by atoms with Crippen molar-refractivity contribution in [2.24, 2.45) is 0 Å². The van der Waals surface area contributed by atoms with Gasteiger partial charge >= 0.3 is 0 Å². The van der Waals surface area contributed by atoms with Gasteiger partial charge in [-0.3, -0.25) is 14.8 Å². The molecule has 0 radical (unpaired) electrons. The first-order chi connectivity index (χ1) is 13.3. The van der Waals surface area contributed by atoms with E-state index in [2.05, 4.69) is 25.1 Å². The fourth-order valence-corrected chi connectivity index (χ4v) is 3.68. The van der Waals surface area contributed by atoms with Gasteiger partial charge in [0.25, 0.3) is 5.91 Å². The highest BCUT2D eigenvalue weighted by Crippen LogP contribution is 2.18. The number of carbonyl (C=O) groups is 1. The number of imidazole rings is 1. The van der Waals surface area contributed by atoms with Crippen molar-refractivity contribution in [3.8, 4) is 0 Å². The van der Waals surface area contributed by atoms with Gasteiger partial charge in [0.05, 0.1) is 23.1 Å². The molecule has 7 heteroatoms. The van der Waals surface area contributed by atoms with Gasteiger partial charge in [-0.1, -0.05) is 30.3 Å². The number of carbonyl (C=O) groups excluding carboxylic acids is 1. The number of aromatic amines is 2. The molecule has 1 amide bonds. The summed E-state index contributed by atoms with van der Waals surface area (Å²) in [7, 11) is 0. The minimum atomic E-state index is -0.00385. The number of nitrogens with zero attached hydrogens (tertiary/aromatic N) is 4. The van der Waals surface area contributed by atoms with E-state index < -0.39 is 0 Å². The summed E-state index contributed by atoms with van der Waals surface area (Å²) in [6.45, 7) is 3.80. The van der Waals surface area contributed by atoms with E-state index in [0.29, 0.717) is 18.8 Å². The zero-order valence-corrected chi connectivity index (χ0v) is 14.9. The van der Waals surface area contributed by atoms with Crippen LogP contribution in [0.5, 0.6) is 0 Å². The third-order valence-electron chi connectivity index (χ3n) is 5.14. The molecule has 1 saturated heterocycles. The van der Waals surface area contributed by atoms with Gasteiger partial charge in [-0.15, -0.1) is 0 Å². The van der Waals surface area contributed by atoms with Crippen molar-refractivity contribution in [2.45, 2.75) is 6.54 Å². The molecular formula is C20H20N6O. The monoisotopic (exact) mass is 360 g/mol. The Hall–Kier alpha value is -3.19. The maximum Gasteiger partial charge on any atom is 0.275 e. The number of rotatable bonds is 3. The number of aromatic nitrogens is 4. The van der Waals surface area contributed by atoms with Gasteiger partial charge in [0, 0.05) is 31.6 Å². The smallest absolute Gasteiger partial charge is 0.275 e. The van der Waals surface area contributed by atoms with E-state index in [1.807, 2.05) is 53.4 Å². The minimum Gasteiger partial charge on any atom is -0.341 e. The molecule has 1 fully saturated rings. The van der Waals surface area contributed by atoms with Crippen LogP contribution in [-0.2, 0) is 6.54 Å². The summed E-state index contributed by atoms with van der Waals surface area (Å²) in [6.07, 6.45) is 0. The van der Waals surface area contributed by atoms with Crippen LogP contribution in [0, 0.1) is 0 Å². The van der Waals surface area contributed by atoms with Crippen molar-refractivity contribution in [3.05, 3.63) is 60.0 Å². The van der Waals surface area contributed by atoms with Crippen LogP contribution in [0.25, 0.3) is 21.9 Å². The summed E-state index contributed by atoms with van der Waals surface area (Å²) < 4.78 is 0. The molecule has 2 N–H and O–H groups in total. The average molecular weight is 360 g/mol. The summed E-state index contributed by atoms with van der Waals surface area (Å²) >= 11 is 0. The van der Waals surface area contributed by atoms with E-state index in [-0.39, 0.29) is 5.91 Å². The lowest BCUT2D eigenvalue weighted by atomic mass is 10.2. The van der Waals surface area contributed by atoms with Gasteiger partial charge < -0.3 is 9.88 Å². The summed E-state index contributed by atoms with van der Waals surface area (Å²) in [6, 6.07) is 15.8. The number of para-hydroxylation sites is 3. The number of hydrogen-bond acceptors (Lipinski definition) is 4. The highest BCUT2D eigenvalue weighted by molar-refractivity contribution is 6.04. The second-order valence-corrected chi connectivity index (χ2v) is 6.89. The lowest BCUT2D eigenvalue weighted by Gasteiger charge is -2.33. The number of amides is 1. The molecule has 2 aromatic carbocycles. The van der Waals surface area contributed by atoms with Crippen LogP contribution in [0.4, 0.5) is 0 Å². The van der Waals surface area contributed by atoms with Crippen LogP contribution in [0.15, 0.2) is 48.5 Å². The fraction of sp³-hybridized carbons (Fsp3) is 0.250. The van der Waals surface area contributed by atoms with Crippen molar-refractivity contribution in [1.82, 2.24) is 30.0 Å². The molecule has 2 aromatic heterocycles. The molecular weight excluding hydrogens is 340 g/mol. The van der Waals surface area contributed by atoms with Gasteiger partial charge in [-0.2, -0.15) is 5.10 Å². The number of H-pyrrole nitrogens is 2. The Labute approximate surface area is 156 Å².